The zero-order valence-electron chi connectivity index (χ0n) is 10.2. The fraction of sp³-hybridized carbons (Fsp3) is 1.00. The molecule has 2 heterocycles. The molecule has 3 unspecified atom stereocenters. The second-order valence-corrected chi connectivity index (χ2v) is 5.02. The molecule has 4 nitrogen and oxygen atoms in total. The van der Waals surface area contributed by atoms with Gasteiger partial charge >= 0.3 is 0 Å². The van der Waals surface area contributed by atoms with Gasteiger partial charge in [-0.05, 0) is 31.7 Å². The van der Waals surface area contributed by atoms with E-state index in [1.54, 1.807) is 0 Å². The summed E-state index contributed by atoms with van der Waals surface area (Å²) in [7, 11) is 0. The molecule has 0 spiro atoms. The molecule has 0 aliphatic carbocycles. The first-order chi connectivity index (χ1) is 7.81. The summed E-state index contributed by atoms with van der Waals surface area (Å²) in [6.07, 6.45) is 3.96. The molecule has 0 saturated carbocycles. The molecule has 3 atom stereocenters. The lowest BCUT2D eigenvalue weighted by molar-refractivity contribution is -0.148. The SMILES string of the molecule is CC1CCCN(CC2CCOCO2)C1CN. The topological polar surface area (TPSA) is 47.7 Å². The van der Waals surface area contributed by atoms with Crippen molar-refractivity contribution in [2.75, 3.05) is 33.0 Å². The number of likely N-dealkylation sites (tertiary alicyclic amines) is 1. The number of ether oxygens (including phenoxy) is 2. The average Bonchev–Trinajstić information content (AvgIpc) is 2.31. The number of piperidine rings is 1. The zero-order chi connectivity index (χ0) is 11.4. The van der Waals surface area contributed by atoms with E-state index >= 15 is 0 Å². The molecule has 2 aliphatic heterocycles. The van der Waals surface area contributed by atoms with Crippen LogP contribution in [0.2, 0.25) is 0 Å². The highest BCUT2D eigenvalue weighted by molar-refractivity contribution is 4.84. The third kappa shape index (κ3) is 2.94. The Morgan fingerprint density at radius 3 is 2.94 bits per heavy atom. The van der Waals surface area contributed by atoms with E-state index in [4.69, 9.17) is 15.2 Å². The molecule has 2 rings (SSSR count). The minimum absolute atomic E-state index is 0.341. The Hall–Kier alpha value is -0.160. The van der Waals surface area contributed by atoms with Crippen LogP contribution in [0.3, 0.4) is 0 Å². The summed E-state index contributed by atoms with van der Waals surface area (Å²) in [5.41, 5.74) is 5.88. The summed E-state index contributed by atoms with van der Waals surface area (Å²) in [6, 6.07) is 0.542. The summed E-state index contributed by atoms with van der Waals surface area (Å²) in [5.74, 6) is 0.721. The van der Waals surface area contributed by atoms with Gasteiger partial charge in [0, 0.05) is 19.1 Å². The summed E-state index contributed by atoms with van der Waals surface area (Å²) < 4.78 is 10.8. The van der Waals surface area contributed by atoms with Gasteiger partial charge in [-0.1, -0.05) is 6.92 Å². The van der Waals surface area contributed by atoms with Gasteiger partial charge in [-0.2, -0.15) is 0 Å². The average molecular weight is 228 g/mol. The molecule has 0 aromatic carbocycles. The van der Waals surface area contributed by atoms with Crippen molar-refractivity contribution in [1.29, 1.82) is 0 Å². The maximum absolute atomic E-state index is 5.88. The van der Waals surface area contributed by atoms with Crippen LogP contribution in [0.4, 0.5) is 0 Å². The van der Waals surface area contributed by atoms with Gasteiger partial charge in [-0.3, -0.25) is 4.90 Å². The number of nitrogens with zero attached hydrogens (tertiary/aromatic N) is 1. The van der Waals surface area contributed by atoms with E-state index < -0.39 is 0 Å². The fourth-order valence-electron chi connectivity index (χ4n) is 2.85. The summed E-state index contributed by atoms with van der Waals surface area (Å²) >= 11 is 0. The summed E-state index contributed by atoms with van der Waals surface area (Å²) in [6.45, 7) is 6.57. The van der Waals surface area contributed by atoms with Crippen LogP contribution >= 0.6 is 0 Å². The van der Waals surface area contributed by atoms with Crippen molar-refractivity contribution in [3.8, 4) is 0 Å². The second kappa shape index (κ2) is 5.96. The van der Waals surface area contributed by atoms with E-state index in [1.165, 1.54) is 19.4 Å². The molecule has 0 aromatic heterocycles. The molecule has 2 saturated heterocycles. The van der Waals surface area contributed by atoms with Crippen molar-refractivity contribution >= 4 is 0 Å². The third-order valence-corrected chi connectivity index (χ3v) is 3.88. The number of nitrogens with two attached hydrogens (primary N) is 1. The minimum Gasteiger partial charge on any atom is -0.355 e. The van der Waals surface area contributed by atoms with Crippen molar-refractivity contribution in [2.24, 2.45) is 11.7 Å². The van der Waals surface area contributed by atoms with Crippen LogP contribution in [0.15, 0.2) is 0 Å². The highest BCUT2D eigenvalue weighted by atomic mass is 16.7. The Labute approximate surface area is 98.1 Å². The molecular formula is C12H24N2O2. The Balaban J connectivity index is 1.85. The van der Waals surface area contributed by atoms with Gasteiger partial charge in [0.15, 0.2) is 0 Å². The third-order valence-electron chi connectivity index (χ3n) is 3.88. The van der Waals surface area contributed by atoms with Gasteiger partial charge < -0.3 is 15.2 Å². The van der Waals surface area contributed by atoms with Crippen LogP contribution in [0.1, 0.15) is 26.2 Å². The predicted molar refractivity (Wildman–Crippen MR) is 63.1 cm³/mol. The Morgan fingerprint density at radius 2 is 2.25 bits per heavy atom. The first kappa shape index (κ1) is 12.3. The molecule has 2 aliphatic rings. The monoisotopic (exact) mass is 228 g/mol. The van der Waals surface area contributed by atoms with Crippen molar-refractivity contribution in [3.05, 3.63) is 0 Å². The first-order valence-electron chi connectivity index (χ1n) is 6.44. The molecule has 0 radical (unpaired) electrons. The van der Waals surface area contributed by atoms with E-state index in [0.717, 1.165) is 32.0 Å². The normalized spacial score (nSPS) is 37.5. The van der Waals surface area contributed by atoms with Crippen molar-refractivity contribution in [1.82, 2.24) is 4.90 Å². The molecule has 0 bridgehead atoms. The van der Waals surface area contributed by atoms with Crippen molar-refractivity contribution in [2.45, 2.75) is 38.3 Å². The number of rotatable bonds is 3. The Kier molecular flexibility index (Phi) is 4.58. The molecular weight excluding hydrogens is 204 g/mol. The maximum atomic E-state index is 5.88. The van der Waals surface area contributed by atoms with Gasteiger partial charge in [0.2, 0.25) is 0 Å². The molecule has 2 fully saturated rings. The number of hydrogen-bond acceptors (Lipinski definition) is 4. The molecule has 0 amide bonds. The van der Waals surface area contributed by atoms with Crippen LogP contribution in [0.5, 0.6) is 0 Å². The van der Waals surface area contributed by atoms with Gasteiger partial charge in [-0.25, -0.2) is 0 Å². The minimum atomic E-state index is 0.341. The number of hydrogen-bond donors (Lipinski definition) is 1. The Bertz CT molecular complexity index is 207. The largest absolute Gasteiger partial charge is 0.355 e. The first-order valence-corrected chi connectivity index (χ1v) is 6.44. The van der Waals surface area contributed by atoms with Gasteiger partial charge in [-0.15, -0.1) is 0 Å². The Morgan fingerprint density at radius 1 is 1.38 bits per heavy atom. The maximum Gasteiger partial charge on any atom is 0.147 e. The van der Waals surface area contributed by atoms with Crippen LogP contribution in [0, 0.1) is 5.92 Å². The van der Waals surface area contributed by atoms with E-state index in [9.17, 15) is 0 Å². The smallest absolute Gasteiger partial charge is 0.147 e. The standard InChI is InChI=1S/C12H24N2O2/c1-10-3-2-5-14(12(10)7-13)8-11-4-6-15-9-16-11/h10-12H,2-9,13H2,1H3. The van der Waals surface area contributed by atoms with Crippen LogP contribution < -0.4 is 5.73 Å². The molecule has 0 aromatic rings. The summed E-state index contributed by atoms with van der Waals surface area (Å²) in [5, 5.41) is 0. The highest BCUT2D eigenvalue weighted by Crippen LogP contribution is 2.23. The summed E-state index contributed by atoms with van der Waals surface area (Å²) in [4.78, 5) is 2.52. The lowest BCUT2D eigenvalue weighted by atomic mass is 9.90. The van der Waals surface area contributed by atoms with Gasteiger partial charge in [0.25, 0.3) is 0 Å². The lowest BCUT2D eigenvalue weighted by Crippen LogP contribution is -2.51. The quantitative estimate of drug-likeness (QED) is 0.776. The zero-order valence-corrected chi connectivity index (χ0v) is 10.2. The van der Waals surface area contributed by atoms with Crippen LogP contribution in [0.25, 0.3) is 0 Å². The van der Waals surface area contributed by atoms with Gasteiger partial charge in [0.1, 0.15) is 6.79 Å². The fourth-order valence-corrected chi connectivity index (χ4v) is 2.85. The van der Waals surface area contributed by atoms with E-state index in [-0.39, 0.29) is 0 Å². The molecule has 2 N–H and O–H groups in total. The highest BCUT2D eigenvalue weighted by Gasteiger charge is 2.29. The van der Waals surface area contributed by atoms with Crippen molar-refractivity contribution in [3.63, 3.8) is 0 Å². The molecule has 4 heteroatoms. The molecule has 16 heavy (non-hydrogen) atoms. The van der Waals surface area contributed by atoms with Crippen molar-refractivity contribution < 1.29 is 9.47 Å². The molecule has 94 valence electrons. The van der Waals surface area contributed by atoms with Gasteiger partial charge in [0.05, 0.1) is 12.7 Å². The van der Waals surface area contributed by atoms with E-state index in [1.807, 2.05) is 0 Å². The van der Waals surface area contributed by atoms with Crippen LogP contribution in [-0.4, -0.2) is 50.1 Å². The van der Waals surface area contributed by atoms with E-state index in [0.29, 0.717) is 18.9 Å². The van der Waals surface area contributed by atoms with E-state index in [2.05, 4.69) is 11.8 Å². The second-order valence-electron chi connectivity index (χ2n) is 5.02. The predicted octanol–water partition coefficient (Wildman–Crippen LogP) is 0.809. The lowest BCUT2D eigenvalue weighted by Gasteiger charge is -2.41. The van der Waals surface area contributed by atoms with Crippen LogP contribution in [-0.2, 0) is 9.47 Å².